The molecule has 10 heteroatoms. The van der Waals surface area contributed by atoms with Crippen LogP contribution >= 0.6 is 22.9 Å². The van der Waals surface area contributed by atoms with E-state index >= 15 is 0 Å². The minimum absolute atomic E-state index is 0.176. The van der Waals surface area contributed by atoms with Gasteiger partial charge in [0, 0.05) is 30.6 Å². The summed E-state index contributed by atoms with van der Waals surface area (Å²) in [4.78, 5) is 4.57. The summed E-state index contributed by atoms with van der Waals surface area (Å²) in [6.07, 6.45) is 1.28. The van der Waals surface area contributed by atoms with E-state index in [-0.39, 0.29) is 15.5 Å². The molecule has 0 saturated heterocycles. The van der Waals surface area contributed by atoms with Gasteiger partial charge >= 0.3 is 0 Å². The van der Waals surface area contributed by atoms with E-state index in [0.717, 1.165) is 4.31 Å². The molecular weight excluding hydrogens is 423 g/mol. The van der Waals surface area contributed by atoms with Crippen LogP contribution < -0.4 is 5.43 Å². The molecule has 0 amide bonds. The Labute approximate surface area is 171 Å². The fourth-order valence-electron chi connectivity index (χ4n) is 2.27. The van der Waals surface area contributed by atoms with Crippen LogP contribution in [0.5, 0.6) is 0 Å². The number of hydrazone groups is 1. The van der Waals surface area contributed by atoms with Crippen LogP contribution in [0.15, 0.2) is 57.8 Å². The molecule has 0 bridgehead atoms. The van der Waals surface area contributed by atoms with Crippen LogP contribution in [0.25, 0.3) is 11.3 Å². The highest BCUT2D eigenvalue weighted by Gasteiger charge is 2.18. The summed E-state index contributed by atoms with van der Waals surface area (Å²) < 4.78 is 39.5. The highest BCUT2D eigenvalue weighted by molar-refractivity contribution is 7.89. The summed E-state index contributed by atoms with van der Waals surface area (Å²) >= 11 is 7.23. The predicted molar refractivity (Wildman–Crippen MR) is 111 cm³/mol. The van der Waals surface area contributed by atoms with E-state index in [2.05, 4.69) is 15.5 Å². The van der Waals surface area contributed by atoms with Crippen molar-refractivity contribution in [1.82, 2.24) is 9.29 Å². The van der Waals surface area contributed by atoms with Gasteiger partial charge in [-0.1, -0.05) is 29.8 Å². The van der Waals surface area contributed by atoms with Crippen molar-refractivity contribution in [2.45, 2.75) is 4.90 Å². The molecule has 146 valence electrons. The minimum Gasteiger partial charge on any atom is -0.253 e. The van der Waals surface area contributed by atoms with Gasteiger partial charge in [-0.25, -0.2) is 22.1 Å². The average molecular weight is 439 g/mol. The Morgan fingerprint density at radius 2 is 2.00 bits per heavy atom. The number of rotatable bonds is 6. The van der Waals surface area contributed by atoms with Gasteiger partial charge in [-0.2, -0.15) is 5.10 Å². The number of sulfonamides is 1. The molecule has 1 N–H and O–H groups in total. The Balaban J connectivity index is 1.79. The zero-order valence-electron chi connectivity index (χ0n) is 14.9. The van der Waals surface area contributed by atoms with Crippen LogP contribution in [0, 0.1) is 5.82 Å². The van der Waals surface area contributed by atoms with Crippen LogP contribution in [0.4, 0.5) is 9.52 Å². The lowest BCUT2D eigenvalue weighted by molar-refractivity contribution is 0.521. The van der Waals surface area contributed by atoms with Crippen molar-refractivity contribution in [3.05, 3.63) is 64.2 Å². The highest BCUT2D eigenvalue weighted by Crippen LogP contribution is 2.27. The van der Waals surface area contributed by atoms with E-state index in [1.165, 1.54) is 49.8 Å². The third-order valence-electron chi connectivity index (χ3n) is 3.77. The Morgan fingerprint density at radius 1 is 1.25 bits per heavy atom. The van der Waals surface area contributed by atoms with Crippen molar-refractivity contribution in [2.24, 2.45) is 5.10 Å². The maximum atomic E-state index is 13.7. The maximum absolute atomic E-state index is 13.7. The van der Waals surface area contributed by atoms with Gasteiger partial charge in [0.25, 0.3) is 0 Å². The average Bonchev–Trinajstić information content (AvgIpc) is 3.13. The SMILES string of the molecule is CN(C)S(=O)(=O)c1cccc(-c2csc(NN=Cc3c(F)cccc3Cl)n2)c1. The lowest BCUT2D eigenvalue weighted by atomic mass is 10.2. The molecule has 0 aliphatic carbocycles. The van der Waals surface area contributed by atoms with Crippen molar-refractivity contribution >= 4 is 44.3 Å². The monoisotopic (exact) mass is 438 g/mol. The Bertz CT molecular complexity index is 1110. The molecule has 0 spiro atoms. The molecule has 28 heavy (non-hydrogen) atoms. The molecule has 0 saturated carbocycles. The van der Waals surface area contributed by atoms with E-state index in [1.807, 2.05) is 0 Å². The van der Waals surface area contributed by atoms with Crippen LogP contribution in [-0.4, -0.2) is 38.0 Å². The zero-order chi connectivity index (χ0) is 20.3. The first-order valence-corrected chi connectivity index (χ1v) is 10.7. The number of aromatic nitrogens is 1. The van der Waals surface area contributed by atoms with Gasteiger partial charge in [0.05, 0.1) is 21.8 Å². The van der Waals surface area contributed by atoms with Crippen LogP contribution in [-0.2, 0) is 10.0 Å². The quantitative estimate of drug-likeness (QED) is 0.460. The minimum atomic E-state index is -3.53. The van der Waals surface area contributed by atoms with Gasteiger partial charge in [0.2, 0.25) is 15.2 Å². The second kappa shape index (κ2) is 8.36. The van der Waals surface area contributed by atoms with Gasteiger partial charge in [-0.05, 0) is 24.3 Å². The zero-order valence-corrected chi connectivity index (χ0v) is 17.3. The third-order valence-corrected chi connectivity index (χ3v) is 6.65. The fraction of sp³-hybridized carbons (Fsp3) is 0.111. The first-order chi connectivity index (χ1) is 13.3. The normalized spacial score (nSPS) is 12.0. The summed E-state index contributed by atoms with van der Waals surface area (Å²) in [6, 6.07) is 10.9. The molecule has 0 radical (unpaired) electrons. The second-order valence-corrected chi connectivity index (χ2v) is 9.28. The lowest BCUT2D eigenvalue weighted by Gasteiger charge is -2.11. The number of thiazole rings is 1. The van der Waals surface area contributed by atoms with E-state index in [0.29, 0.717) is 16.4 Å². The van der Waals surface area contributed by atoms with E-state index in [4.69, 9.17) is 11.6 Å². The molecule has 0 aliphatic heterocycles. The molecule has 0 unspecified atom stereocenters. The van der Waals surface area contributed by atoms with Gasteiger partial charge in [0.15, 0.2) is 0 Å². The second-order valence-electron chi connectivity index (χ2n) is 5.86. The van der Waals surface area contributed by atoms with Crippen molar-refractivity contribution in [3.63, 3.8) is 0 Å². The Morgan fingerprint density at radius 3 is 2.71 bits per heavy atom. The van der Waals surface area contributed by atoms with Gasteiger partial charge in [0.1, 0.15) is 5.82 Å². The molecule has 0 atom stereocenters. The van der Waals surface area contributed by atoms with Crippen molar-refractivity contribution < 1.29 is 12.8 Å². The lowest BCUT2D eigenvalue weighted by Crippen LogP contribution is -2.22. The standard InChI is InChI=1S/C18H16ClFN4O2S2/c1-24(2)28(25,26)13-6-3-5-12(9-13)17-11-27-18(22-17)23-21-10-14-15(19)7-4-8-16(14)20/h3-11H,1-2H3,(H,22,23). The van der Waals surface area contributed by atoms with E-state index in [9.17, 15) is 12.8 Å². The van der Waals surface area contributed by atoms with Crippen LogP contribution in [0.3, 0.4) is 0 Å². The molecule has 0 fully saturated rings. The number of anilines is 1. The number of benzene rings is 2. The summed E-state index contributed by atoms with van der Waals surface area (Å²) in [5.74, 6) is -0.475. The third kappa shape index (κ3) is 4.39. The largest absolute Gasteiger partial charge is 0.253 e. The Hall–Kier alpha value is -2.33. The van der Waals surface area contributed by atoms with E-state index < -0.39 is 15.8 Å². The summed E-state index contributed by atoms with van der Waals surface area (Å²) in [5, 5.41) is 6.47. The highest BCUT2D eigenvalue weighted by atomic mass is 35.5. The molecule has 3 aromatic rings. The molecule has 0 aliphatic rings. The van der Waals surface area contributed by atoms with Crippen molar-refractivity contribution in [2.75, 3.05) is 19.5 Å². The summed E-state index contributed by atoms with van der Waals surface area (Å²) in [5.41, 5.74) is 4.16. The summed E-state index contributed by atoms with van der Waals surface area (Å²) in [7, 11) is -0.574. The number of nitrogens with zero attached hydrogens (tertiary/aromatic N) is 3. The van der Waals surface area contributed by atoms with Gasteiger partial charge < -0.3 is 0 Å². The predicted octanol–water partition coefficient (Wildman–Crippen LogP) is 4.30. The molecule has 6 nitrogen and oxygen atoms in total. The number of halogens is 2. The van der Waals surface area contributed by atoms with Crippen LogP contribution in [0.2, 0.25) is 5.02 Å². The molecule has 3 rings (SSSR count). The van der Waals surface area contributed by atoms with Gasteiger partial charge in [-0.15, -0.1) is 11.3 Å². The Kier molecular flexibility index (Phi) is 6.09. The molecule has 1 aromatic heterocycles. The fourth-order valence-corrected chi connectivity index (χ4v) is 4.10. The topological polar surface area (TPSA) is 74.7 Å². The first kappa shape index (κ1) is 20.4. The smallest absolute Gasteiger partial charge is 0.242 e. The number of nitrogens with one attached hydrogen (secondary N) is 1. The van der Waals surface area contributed by atoms with Crippen molar-refractivity contribution in [1.29, 1.82) is 0 Å². The molecular formula is C18H16ClFN4O2S2. The summed E-state index contributed by atoms with van der Waals surface area (Å²) in [6.45, 7) is 0. The molecule has 1 heterocycles. The van der Waals surface area contributed by atoms with Gasteiger partial charge in [-0.3, -0.25) is 5.43 Å². The molecule has 2 aromatic carbocycles. The van der Waals surface area contributed by atoms with Crippen LogP contribution in [0.1, 0.15) is 5.56 Å². The first-order valence-electron chi connectivity index (χ1n) is 8.00. The maximum Gasteiger partial charge on any atom is 0.242 e. The van der Waals surface area contributed by atoms with Crippen molar-refractivity contribution in [3.8, 4) is 11.3 Å². The number of hydrogen-bond donors (Lipinski definition) is 1. The number of hydrogen-bond acceptors (Lipinski definition) is 6. The van der Waals surface area contributed by atoms with E-state index in [1.54, 1.807) is 29.6 Å².